The van der Waals surface area contributed by atoms with Gasteiger partial charge in [0.15, 0.2) is 0 Å². The number of fused-ring (bicyclic) bond motifs is 1. The minimum atomic E-state index is 0.278. The molecular weight excluding hydrogens is 284 g/mol. The van der Waals surface area contributed by atoms with Crippen molar-refractivity contribution < 1.29 is 5.11 Å². The van der Waals surface area contributed by atoms with Crippen LogP contribution in [-0.4, -0.2) is 14.7 Å². The van der Waals surface area contributed by atoms with Crippen LogP contribution >= 0.6 is 11.6 Å². The summed E-state index contributed by atoms with van der Waals surface area (Å²) in [6.45, 7) is 6.15. The van der Waals surface area contributed by atoms with Gasteiger partial charge in [0.25, 0.3) is 0 Å². The van der Waals surface area contributed by atoms with E-state index in [1.807, 2.05) is 37.3 Å². The standard InChI is InChI=1S/C17H17ClN2O/c1-10(2)20-15-6-5-13(18)9-14(15)19-17(20)12-4-7-16(21)11(3)8-12/h4-10,21H,1-3H3. The van der Waals surface area contributed by atoms with Crippen LogP contribution in [0.2, 0.25) is 5.02 Å². The predicted molar refractivity (Wildman–Crippen MR) is 87.0 cm³/mol. The molecule has 0 saturated carbocycles. The molecule has 3 aromatic rings. The van der Waals surface area contributed by atoms with E-state index in [1.165, 1.54) is 0 Å². The number of imidazole rings is 1. The minimum Gasteiger partial charge on any atom is -0.508 e. The highest BCUT2D eigenvalue weighted by Crippen LogP contribution is 2.31. The van der Waals surface area contributed by atoms with E-state index in [2.05, 4.69) is 18.4 Å². The monoisotopic (exact) mass is 300 g/mol. The Morgan fingerprint density at radius 1 is 1.14 bits per heavy atom. The number of phenolic OH excluding ortho intramolecular Hbond substituents is 1. The number of nitrogens with zero attached hydrogens (tertiary/aromatic N) is 2. The van der Waals surface area contributed by atoms with Gasteiger partial charge in [0.05, 0.1) is 11.0 Å². The van der Waals surface area contributed by atoms with E-state index in [9.17, 15) is 5.11 Å². The van der Waals surface area contributed by atoms with Crippen molar-refractivity contribution in [2.75, 3.05) is 0 Å². The van der Waals surface area contributed by atoms with Gasteiger partial charge in [-0.05, 0) is 62.7 Å². The molecule has 1 N–H and O–H groups in total. The van der Waals surface area contributed by atoms with Crippen molar-refractivity contribution >= 4 is 22.6 Å². The van der Waals surface area contributed by atoms with Gasteiger partial charge in [-0.3, -0.25) is 0 Å². The maximum atomic E-state index is 9.70. The fourth-order valence-electron chi connectivity index (χ4n) is 2.59. The summed E-state index contributed by atoms with van der Waals surface area (Å²) in [6.07, 6.45) is 0. The van der Waals surface area contributed by atoms with Crippen molar-refractivity contribution in [2.45, 2.75) is 26.8 Å². The molecule has 0 unspecified atom stereocenters. The van der Waals surface area contributed by atoms with Gasteiger partial charge in [0.1, 0.15) is 11.6 Å². The molecule has 0 aliphatic heterocycles. The zero-order valence-corrected chi connectivity index (χ0v) is 13.0. The summed E-state index contributed by atoms with van der Waals surface area (Å²) in [5.41, 5.74) is 3.78. The molecular formula is C17H17ClN2O. The Balaban J connectivity index is 2.30. The molecule has 0 saturated heterocycles. The van der Waals surface area contributed by atoms with Crippen molar-refractivity contribution in [1.29, 1.82) is 0 Å². The average Bonchev–Trinajstić information content (AvgIpc) is 2.80. The first kappa shape index (κ1) is 14.0. The van der Waals surface area contributed by atoms with Gasteiger partial charge in [-0.25, -0.2) is 4.98 Å². The summed E-state index contributed by atoms with van der Waals surface area (Å²) in [4.78, 5) is 4.73. The van der Waals surface area contributed by atoms with Crippen LogP contribution in [0, 0.1) is 6.92 Å². The number of hydrogen-bond donors (Lipinski definition) is 1. The molecule has 108 valence electrons. The zero-order chi connectivity index (χ0) is 15.1. The van der Waals surface area contributed by atoms with E-state index in [-0.39, 0.29) is 6.04 Å². The molecule has 1 aromatic heterocycles. The zero-order valence-electron chi connectivity index (χ0n) is 12.3. The first-order chi connectivity index (χ1) is 9.97. The van der Waals surface area contributed by atoms with Gasteiger partial charge in [-0.15, -0.1) is 0 Å². The molecule has 0 atom stereocenters. The Kier molecular flexibility index (Phi) is 3.38. The maximum Gasteiger partial charge on any atom is 0.141 e. The SMILES string of the molecule is Cc1cc(-c2nc3cc(Cl)ccc3n2C(C)C)ccc1O. The van der Waals surface area contributed by atoms with Crippen molar-refractivity contribution in [3.8, 4) is 17.1 Å². The van der Waals surface area contributed by atoms with Crippen molar-refractivity contribution in [2.24, 2.45) is 0 Å². The number of rotatable bonds is 2. The van der Waals surface area contributed by atoms with Gasteiger partial charge < -0.3 is 9.67 Å². The summed E-state index contributed by atoms with van der Waals surface area (Å²) < 4.78 is 2.19. The third kappa shape index (κ3) is 2.38. The van der Waals surface area contributed by atoms with Crippen LogP contribution in [0.5, 0.6) is 5.75 Å². The first-order valence-electron chi connectivity index (χ1n) is 6.95. The van der Waals surface area contributed by atoms with Crippen molar-refractivity contribution in [3.63, 3.8) is 0 Å². The normalized spacial score (nSPS) is 11.5. The van der Waals surface area contributed by atoms with E-state index in [0.717, 1.165) is 28.0 Å². The second-order valence-electron chi connectivity index (χ2n) is 5.53. The summed E-state index contributed by atoms with van der Waals surface area (Å²) >= 11 is 6.07. The Morgan fingerprint density at radius 2 is 1.90 bits per heavy atom. The Hall–Kier alpha value is -2.00. The molecule has 0 bridgehead atoms. The van der Waals surface area contributed by atoms with Gasteiger partial charge >= 0.3 is 0 Å². The average molecular weight is 301 g/mol. The van der Waals surface area contributed by atoms with E-state index in [0.29, 0.717) is 10.8 Å². The summed E-state index contributed by atoms with van der Waals surface area (Å²) in [5, 5.41) is 10.4. The molecule has 21 heavy (non-hydrogen) atoms. The second-order valence-corrected chi connectivity index (χ2v) is 5.97. The van der Waals surface area contributed by atoms with Gasteiger partial charge in [-0.2, -0.15) is 0 Å². The number of aryl methyl sites for hydroxylation is 1. The fourth-order valence-corrected chi connectivity index (χ4v) is 2.76. The number of halogens is 1. The lowest BCUT2D eigenvalue weighted by molar-refractivity contribution is 0.471. The Bertz CT molecular complexity index is 821. The summed E-state index contributed by atoms with van der Waals surface area (Å²) in [5.74, 6) is 1.19. The van der Waals surface area contributed by atoms with Crippen LogP contribution < -0.4 is 0 Å². The summed E-state index contributed by atoms with van der Waals surface area (Å²) in [7, 11) is 0. The maximum absolute atomic E-state index is 9.70. The number of phenols is 1. The molecule has 0 amide bonds. The van der Waals surface area contributed by atoms with Crippen LogP contribution in [0.1, 0.15) is 25.5 Å². The van der Waals surface area contributed by atoms with Crippen molar-refractivity contribution in [3.05, 3.63) is 47.0 Å². The number of aromatic hydroxyl groups is 1. The van der Waals surface area contributed by atoms with Crippen LogP contribution in [0.15, 0.2) is 36.4 Å². The molecule has 0 radical (unpaired) electrons. The second kappa shape index (κ2) is 5.08. The quantitative estimate of drug-likeness (QED) is 0.727. The third-order valence-corrected chi connectivity index (χ3v) is 3.86. The highest BCUT2D eigenvalue weighted by molar-refractivity contribution is 6.31. The molecule has 3 nitrogen and oxygen atoms in total. The van der Waals surface area contributed by atoms with Gasteiger partial charge in [-0.1, -0.05) is 11.6 Å². The molecule has 0 aliphatic carbocycles. The van der Waals surface area contributed by atoms with E-state index in [4.69, 9.17) is 16.6 Å². The third-order valence-electron chi connectivity index (χ3n) is 3.62. The minimum absolute atomic E-state index is 0.278. The van der Waals surface area contributed by atoms with Crippen LogP contribution in [0.25, 0.3) is 22.4 Å². The van der Waals surface area contributed by atoms with Crippen molar-refractivity contribution in [1.82, 2.24) is 9.55 Å². The lowest BCUT2D eigenvalue weighted by atomic mass is 10.1. The predicted octanol–water partition coefficient (Wildman–Crippen LogP) is 4.95. The van der Waals surface area contributed by atoms with Gasteiger partial charge in [0.2, 0.25) is 0 Å². The lowest BCUT2D eigenvalue weighted by Crippen LogP contribution is -2.03. The Morgan fingerprint density at radius 3 is 2.57 bits per heavy atom. The molecule has 3 rings (SSSR count). The lowest BCUT2D eigenvalue weighted by Gasteiger charge is -2.13. The Labute approximate surface area is 128 Å². The molecule has 0 spiro atoms. The van der Waals surface area contributed by atoms with E-state index < -0.39 is 0 Å². The topological polar surface area (TPSA) is 38.0 Å². The van der Waals surface area contributed by atoms with E-state index in [1.54, 1.807) is 6.07 Å². The molecule has 4 heteroatoms. The number of hydrogen-bond acceptors (Lipinski definition) is 2. The highest BCUT2D eigenvalue weighted by atomic mass is 35.5. The highest BCUT2D eigenvalue weighted by Gasteiger charge is 2.15. The number of aromatic nitrogens is 2. The largest absolute Gasteiger partial charge is 0.508 e. The molecule has 0 fully saturated rings. The van der Waals surface area contributed by atoms with Crippen LogP contribution in [0.4, 0.5) is 0 Å². The molecule has 2 aromatic carbocycles. The van der Waals surface area contributed by atoms with Gasteiger partial charge in [0, 0.05) is 16.6 Å². The first-order valence-corrected chi connectivity index (χ1v) is 7.32. The van der Waals surface area contributed by atoms with Crippen LogP contribution in [-0.2, 0) is 0 Å². The molecule has 1 heterocycles. The fraction of sp³-hybridized carbons (Fsp3) is 0.235. The van der Waals surface area contributed by atoms with E-state index >= 15 is 0 Å². The summed E-state index contributed by atoms with van der Waals surface area (Å²) in [6, 6.07) is 11.6. The number of benzene rings is 2. The molecule has 0 aliphatic rings. The van der Waals surface area contributed by atoms with Crippen LogP contribution in [0.3, 0.4) is 0 Å². The smallest absolute Gasteiger partial charge is 0.141 e.